The second-order valence-electron chi connectivity index (χ2n) is 5.16. The third-order valence-corrected chi connectivity index (χ3v) is 3.57. The number of aromatic nitrogens is 1. The minimum Gasteiger partial charge on any atom is -0.309 e. The molecule has 1 saturated heterocycles. The summed E-state index contributed by atoms with van der Waals surface area (Å²) in [6.45, 7) is 5.77. The lowest BCUT2D eigenvalue weighted by molar-refractivity contribution is 0.203. The Balaban J connectivity index is 1.78. The van der Waals surface area contributed by atoms with E-state index in [1.165, 1.54) is 25.9 Å². The molecule has 0 saturated carbocycles. The van der Waals surface area contributed by atoms with Gasteiger partial charge < -0.3 is 10.2 Å². The van der Waals surface area contributed by atoms with Crippen molar-refractivity contribution in [2.75, 3.05) is 26.7 Å². The van der Waals surface area contributed by atoms with Crippen molar-refractivity contribution in [2.24, 2.45) is 5.92 Å². The van der Waals surface area contributed by atoms with Crippen LogP contribution in [0.3, 0.4) is 0 Å². The number of nitrogens with zero attached hydrogens (tertiary/aromatic N) is 2. The van der Waals surface area contributed by atoms with Gasteiger partial charge in [-0.05, 0) is 58.0 Å². The Morgan fingerprint density at radius 3 is 3.12 bits per heavy atom. The van der Waals surface area contributed by atoms with Gasteiger partial charge in [0.15, 0.2) is 0 Å². The summed E-state index contributed by atoms with van der Waals surface area (Å²) in [7, 11) is 2.22. The highest BCUT2D eigenvalue weighted by atomic mass is 15.1. The van der Waals surface area contributed by atoms with Gasteiger partial charge in [0, 0.05) is 18.8 Å². The lowest BCUT2D eigenvalue weighted by atomic mass is 9.98. The van der Waals surface area contributed by atoms with E-state index in [-0.39, 0.29) is 0 Å². The molecule has 1 aromatic heterocycles. The molecule has 2 heterocycles. The Kier molecular flexibility index (Phi) is 4.51. The summed E-state index contributed by atoms with van der Waals surface area (Å²) in [4.78, 5) is 6.82. The summed E-state index contributed by atoms with van der Waals surface area (Å²) in [6.07, 6.45) is 4.55. The first-order valence-corrected chi connectivity index (χ1v) is 6.58. The van der Waals surface area contributed by atoms with Crippen LogP contribution in [0.1, 0.15) is 31.5 Å². The number of piperidine rings is 1. The molecule has 2 rings (SSSR count). The lowest BCUT2D eigenvalue weighted by Gasteiger charge is -2.30. The predicted molar refractivity (Wildman–Crippen MR) is 70.9 cm³/mol. The second kappa shape index (κ2) is 6.12. The van der Waals surface area contributed by atoms with Crippen molar-refractivity contribution in [1.29, 1.82) is 0 Å². The number of hydrogen-bond acceptors (Lipinski definition) is 3. The van der Waals surface area contributed by atoms with Crippen LogP contribution >= 0.6 is 0 Å². The molecule has 0 aromatic carbocycles. The number of nitrogens with one attached hydrogen (secondary N) is 1. The molecule has 17 heavy (non-hydrogen) atoms. The maximum Gasteiger partial charge on any atom is 0.0570 e. The van der Waals surface area contributed by atoms with E-state index in [2.05, 4.69) is 41.3 Å². The van der Waals surface area contributed by atoms with Crippen LogP contribution < -0.4 is 5.32 Å². The normalized spacial score (nSPS) is 23.5. The van der Waals surface area contributed by atoms with Crippen molar-refractivity contribution >= 4 is 0 Å². The summed E-state index contributed by atoms with van der Waals surface area (Å²) in [5, 5.41) is 3.60. The van der Waals surface area contributed by atoms with Crippen LogP contribution in [-0.2, 0) is 0 Å². The number of likely N-dealkylation sites (tertiary alicyclic amines) is 1. The summed E-state index contributed by atoms with van der Waals surface area (Å²) < 4.78 is 0. The third kappa shape index (κ3) is 3.79. The van der Waals surface area contributed by atoms with Crippen LogP contribution in [0, 0.1) is 5.92 Å². The summed E-state index contributed by atoms with van der Waals surface area (Å²) in [6, 6.07) is 6.45. The molecular formula is C14H23N3. The fraction of sp³-hybridized carbons (Fsp3) is 0.643. The molecule has 0 bridgehead atoms. The van der Waals surface area contributed by atoms with Gasteiger partial charge in [-0.3, -0.25) is 4.98 Å². The van der Waals surface area contributed by atoms with Crippen LogP contribution in [0.15, 0.2) is 24.4 Å². The number of pyridine rings is 1. The lowest BCUT2D eigenvalue weighted by Crippen LogP contribution is -2.38. The van der Waals surface area contributed by atoms with Crippen molar-refractivity contribution in [3.63, 3.8) is 0 Å². The fourth-order valence-corrected chi connectivity index (χ4v) is 2.52. The topological polar surface area (TPSA) is 28.2 Å². The van der Waals surface area contributed by atoms with E-state index in [0.717, 1.165) is 18.2 Å². The first-order chi connectivity index (χ1) is 8.25. The molecule has 3 nitrogen and oxygen atoms in total. The molecule has 0 spiro atoms. The maximum absolute atomic E-state index is 4.38. The van der Waals surface area contributed by atoms with Gasteiger partial charge in [-0.1, -0.05) is 6.07 Å². The zero-order valence-corrected chi connectivity index (χ0v) is 10.9. The average molecular weight is 233 g/mol. The Morgan fingerprint density at radius 2 is 2.41 bits per heavy atom. The van der Waals surface area contributed by atoms with E-state index in [1.54, 1.807) is 0 Å². The Morgan fingerprint density at radius 1 is 1.53 bits per heavy atom. The second-order valence-corrected chi connectivity index (χ2v) is 5.16. The van der Waals surface area contributed by atoms with Crippen LogP contribution in [0.25, 0.3) is 0 Å². The molecule has 2 atom stereocenters. The Labute approximate surface area is 104 Å². The molecule has 3 heteroatoms. The highest BCUT2D eigenvalue weighted by molar-refractivity contribution is 5.07. The zero-order chi connectivity index (χ0) is 12.1. The molecule has 1 N–H and O–H groups in total. The number of hydrogen-bond donors (Lipinski definition) is 1. The van der Waals surface area contributed by atoms with Gasteiger partial charge in [-0.2, -0.15) is 0 Å². The van der Waals surface area contributed by atoms with Gasteiger partial charge >= 0.3 is 0 Å². The van der Waals surface area contributed by atoms with E-state index in [1.807, 2.05) is 12.3 Å². The van der Waals surface area contributed by atoms with Crippen LogP contribution in [0.2, 0.25) is 0 Å². The molecule has 0 unspecified atom stereocenters. The first kappa shape index (κ1) is 12.5. The summed E-state index contributed by atoms with van der Waals surface area (Å²) >= 11 is 0. The van der Waals surface area contributed by atoms with Crippen molar-refractivity contribution in [3.05, 3.63) is 30.1 Å². The Bertz CT molecular complexity index is 325. The molecule has 1 fully saturated rings. The monoisotopic (exact) mass is 233 g/mol. The molecule has 0 aliphatic carbocycles. The van der Waals surface area contributed by atoms with Gasteiger partial charge in [-0.15, -0.1) is 0 Å². The average Bonchev–Trinajstić information content (AvgIpc) is 2.37. The van der Waals surface area contributed by atoms with Crippen molar-refractivity contribution in [1.82, 2.24) is 15.2 Å². The molecule has 0 radical (unpaired) electrons. The summed E-state index contributed by atoms with van der Waals surface area (Å²) in [5.74, 6) is 0.792. The largest absolute Gasteiger partial charge is 0.309 e. The zero-order valence-electron chi connectivity index (χ0n) is 10.9. The minimum atomic E-state index is 0.350. The van der Waals surface area contributed by atoms with Crippen molar-refractivity contribution in [2.45, 2.75) is 25.8 Å². The molecule has 1 aliphatic rings. The first-order valence-electron chi connectivity index (χ1n) is 6.58. The number of rotatable bonds is 4. The van der Waals surface area contributed by atoms with E-state index in [9.17, 15) is 0 Å². The third-order valence-electron chi connectivity index (χ3n) is 3.57. The SMILES string of the molecule is C[C@H](NC[C@@H]1CCCN(C)C1)c1ccccn1. The van der Waals surface area contributed by atoms with Crippen LogP contribution in [0.4, 0.5) is 0 Å². The van der Waals surface area contributed by atoms with E-state index >= 15 is 0 Å². The Hall–Kier alpha value is -0.930. The van der Waals surface area contributed by atoms with Gasteiger partial charge in [-0.25, -0.2) is 0 Å². The molecular weight excluding hydrogens is 210 g/mol. The van der Waals surface area contributed by atoms with Crippen LogP contribution in [-0.4, -0.2) is 36.6 Å². The van der Waals surface area contributed by atoms with E-state index < -0.39 is 0 Å². The standard InChI is InChI=1S/C14H23N3/c1-12(14-7-3-4-8-15-14)16-10-13-6-5-9-17(2)11-13/h3-4,7-8,12-13,16H,5-6,9-11H2,1-2H3/t12-,13-/m0/s1. The van der Waals surface area contributed by atoms with Crippen LogP contribution in [0.5, 0.6) is 0 Å². The van der Waals surface area contributed by atoms with Gasteiger partial charge in [0.05, 0.1) is 5.69 Å². The van der Waals surface area contributed by atoms with Crippen molar-refractivity contribution in [3.8, 4) is 0 Å². The van der Waals surface area contributed by atoms with Gasteiger partial charge in [0.1, 0.15) is 0 Å². The predicted octanol–water partition coefficient (Wildman–Crippen LogP) is 2.07. The highest BCUT2D eigenvalue weighted by Gasteiger charge is 2.17. The van der Waals surface area contributed by atoms with Gasteiger partial charge in [0.25, 0.3) is 0 Å². The quantitative estimate of drug-likeness (QED) is 0.863. The van der Waals surface area contributed by atoms with Crippen molar-refractivity contribution < 1.29 is 0 Å². The molecule has 0 amide bonds. The minimum absolute atomic E-state index is 0.350. The summed E-state index contributed by atoms with van der Waals surface area (Å²) in [5.41, 5.74) is 1.14. The smallest absolute Gasteiger partial charge is 0.0570 e. The molecule has 1 aliphatic heterocycles. The molecule has 1 aromatic rings. The fourth-order valence-electron chi connectivity index (χ4n) is 2.52. The van der Waals surface area contributed by atoms with E-state index in [0.29, 0.717) is 6.04 Å². The maximum atomic E-state index is 4.38. The molecule has 94 valence electrons. The van der Waals surface area contributed by atoms with E-state index in [4.69, 9.17) is 0 Å². The highest BCUT2D eigenvalue weighted by Crippen LogP contribution is 2.16. The van der Waals surface area contributed by atoms with Gasteiger partial charge in [0.2, 0.25) is 0 Å².